The zero-order valence-corrected chi connectivity index (χ0v) is 11.8. The van der Waals surface area contributed by atoms with Crippen molar-refractivity contribution >= 4 is 11.3 Å². The summed E-state index contributed by atoms with van der Waals surface area (Å²) in [5.41, 5.74) is 7.64. The van der Waals surface area contributed by atoms with Crippen molar-refractivity contribution in [2.24, 2.45) is 5.73 Å². The normalized spacial score (nSPS) is 12.3. The average molecular weight is 302 g/mol. The Hall–Kier alpha value is -2.11. The molecule has 0 radical (unpaired) electrons. The third-order valence-corrected chi connectivity index (χ3v) is 4.10. The molecule has 106 valence electrons. The number of benzene rings is 2. The van der Waals surface area contributed by atoms with Gasteiger partial charge in [-0.2, -0.15) is 0 Å². The number of aromatic nitrogens is 1. The van der Waals surface area contributed by atoms with Gasteiger partial charge in [0.15, 0.2) is 11.6 Å². The van der Waals surface area contributed by atoms with Gasteiger partial charge < -0.3 is 5.73 Å². The molecule has 2 aromatic carbocycles. The number of halogens is 2. The third kappa shape index (κ3) is 2.70. The van der Waals surface area contributed by atoms with Crippen LogP contribution in [-0.4, -0.2) is 4.98 Å². The minimum atomic E-state index is -0.886. The molecule has 0 saturated carbocycles. The molecule has 0 amide bonds. The summed E-state index contributed by atoms with van der Waals surface area (Å²) in [5.74, 6) is -1.77. The van der Waals surface area contributed by atoms with E-state index in [1.54, 1.807) is 5.38 Å². The second kappa shape index (κ2) is 5.71. The second-order valence-corrected chi connectivity index (χ2v) is 5.45. The first-order valence-corrected chi connectivity index (χ1v) is 7.25. The van der Waals surface area contributed by atoms with Crippen LogP contribution in [0.15, 0.2) is 53.9 Å². The molecule has 1 heterocycles. The zero-order chi connectivity index (χ0) is 14.8. The molecule has 0 aliphatic carbocycles. The molecule has 21 heavy (non-hydrogen) atoms. The fourth-order valence-corrected chi connectivity index (χ4v) is 2.90. The number of hydrogen-bond acceptors (Lipinski definition) is 3. The fraction of sp³-hybridized carbons (Fsp3) is 0.0625. The molecule has 2 N–H and O–H groups in total. The van der Waals surface area contributed by atoms with E-state index in [0.717, 1.165) is 11.6 Å². The number of thiazole rings is 1. The van der Waals surface area contributed by atoms with E-state index in [-0.39, 0.29) is 11.6 Å². The standard InChI is InChI=1S/C16H12F2N2S/c17-12-8-4-7-11(14(12)18)13-9-21-16(20-13)15(19)10-5-2-1-3-6-10/h1-9,15H,19H2. The van der Waals surface area contributed by atoms with Gasteiger partial charge in [0.05, 0.1) is 11.7 Å². The molecule has 0 spiro atoms. The maximum Gasteiger partial charge on any atom is 0.168 e. The summed E-state index contributed by atoms with van der Waals surface area (Å²) in [7, 11) is 0. The van der Waals surface area contributed by atoms with Crippen molar-refractivity contribution in [3.05, 3.63) is 76.1 Å². The minimum Gasteiger partial charge on any atom is -0.318 e. The Kier molecular flexibility index (Phi) is 3.77. The Balaban J connectivity index is 1.95. The lowest BCUT2D eigenvalue weighted by molar-refractivity contribution is 0.511. The molecule has 0 bridgehead atoms. The van der Waals surface area contributed by atoms with Crippen LogP contribution in [0.5, 0.6) is 0 Å². The number of nitrogens with zero attached hydrogens (tertiary/aromatic N) is 1. The van der Waals surface area contributed by atoms with E-state index < -0.39 is 11.6 Å². The van der Waals surface area contributed by atoms with Gasteiger partial charge in [-0.25, -0.2) is 13.8 Å². The van der Waals surface area contributed by atoms with Crippen molar-refractivity contribution in [1.29, 1.82) is 0 Å². The van der Waals surface area contributed by atoms with Crippen molar-refractivity contribution < 1.29 is 8.78 Å². The second-order valence-electron chi connectivity index (χ2n) is 4.56. The number of nitrogens with two attached hydrogens (primary N) is 1. The molecule has 1 atom stereocenters. The van der Waals surface area contributed by atoms with Crippen LogP contribution < -0.4 is 5.73 Å². The first kappa shape index (κ1) is 13.9. The van der Waals surface area contributed by atoms with E-state index in [2.05, 4.69) is 4.98 Å². The molecule has 0 saturated heterocycles. The molecular formula is C16H12F2N2S. The van der Waals surface area contributed by atoms with Crippen LogP contribution >= 0.6 is 11.3 Å². The van der Waals surface area contributed by atoms with E-state index in [1.165, 1.54) is 23.5 Å². The van der Waals surface area contributed by atoms with Gasteiger partial charge in [0.25, 0.3) is 0 Å². The monoisotopic (exact) mass is 302 g/mol. The van der Waals surface area contributed by atoms with Gasteiger partial charge in [0.1, 0.15) is 5.01 Å². The Labute approximate surface area is 124 Å². The summed E-state index contributed by atoms with van der Waals surface area (Å²) in [5, 5.41) is 2.36. The van der Waals surface area contributed by atoms with Crippen LogP contribution in [0.1, 0.15) is 16.6 Å². The molecule has 3 aromatic rings. The highest BCUT2D eigenvalue weighted by molar-refractivity contribution is 7.10. The van der Waals surface area contributed by atoms with Crippen molar-refractivity contribution in [3.63, 3.8) is 0 Å². The van der Waals surface area contributed by atoms with Crippen LogP contribution in [0.4, 0.5) is 8.78 Å². The highest BCUT2D eigenvalue weighted by Crippen LogP contribution is 2.29. The quantitative estimate of drug-likeness (QED) is 0.790. The average Bonchev–Trinajstić information content (AvgIpc) is 3.00. The lowest BCUT2D eigenvalue weighted by Crippen LogP contribution is -2.11. The highest BCUT2D eigenvalue weighted by atomic mass is 32.1. The third-order valence-electron chi connectivity index (χ3n) is 3.17. The Morgan fingerprint density at radius 2 is 1.76 bits per heavy atom. The van der Waals surface area contributed by atoms with Crippen molar-refractivity contribution in [1.82, 2.24) is 4.98 Å². The van der Waals surface area contributed by atoms with Gasteiger partial charge in [-0.3, -0.25) is 0 Å². The van der Waals surface area contributed by atoms with Gasteiger partial charge in [-0.05, 0) is 17.7 Å². The summed E-state index contributed by atoms with van der Waals surface area (Å²) in [6.07, 6.45) is 0. The summed E-state index contributed by atoms with van der Waals surface area (Å²) in [4.78, 5) is 4.35. The van der Waals surface area contributed by atoms with E-state index >= 15 is 0 Å². The van der Waals surface area contributed by atoms with Gasteiger partial charge in [-0.1, -0.05) is 36.4 Å². The molecule has 1 unspecified atom stereocenters. The van der Waals surface area contributed by atoms with Gasteiger partial charge in [-0.15, -0.1) is 11.3 Å². The van der Waals surface area contributed by atoms with Crippen LogP contribution in [0.25, 0.3) is 11.3 Å². The predicted octanol–water partition coefficient (Wildman–Crippen LogP) is 4.14. The van der Waals surface area contributed by atoms with Gasteiger partial charge in [0.2, 0.25) is 0 Å². The van der Waals surface area contributed by atoms with Crippen LogP contribution in [-0.2, 0) is 0 Å². The van der Waals surface area contributed by atoms with Gasteiger partial charge in [0, 0.05) is 10.9 Å². The van der Waals surface area contributed by atoms with E-state index in [1.807, 2.05) is 30.3 Å². The number of hydrogen-bond donors (Lipinski definition) is 1. The summed E-state index contributed by atoms with van der Waals surface area (Å²) < 4.78 is 27.1. The predicted molar refractivity (Wildman–Crippen MR) is 79.9 cm³/mol. The van der Waals surface area contributed by atoms with Crippen LogP contribution in [0.3, 0.4) is 0 Å². The van der Waals surface area contributed by atoms with Crippen LogP contribution in [0, 0.1) is 11.6 Å². The SMILES string of the molecule is NC(c1ccccc1)c1nc(-c2cccc(F)c2F)cs1. The zero-order valence-electron chi connectivity index (χ0n) is 11.0. The summed E-state index contributed by atoms with van der Waals surface area (Å²) >= 11 is 1.34. The molecule has 1 aromatic heterocycles. The molecule has 0 aliphatic rings. The van der Waals surface area contributed by atoms with Crippen molar-refractivity contribution in [3.8, 4) is 11.3 Å². The minimum absolute atomic E-state index is 0.151. The molecular weight excluding hydrogens is 290 g/mol. The highest BCUT2D eigenvalue weighted by Gasteiger charge is 2.16. The van der Waals surface area contributed by atoms with E-state index in [4.69, 9.17) is 5.73 Å². The largest absolute Gasteiger partial charge is 0.318 e. The molecule has 0 fully saturated rings. The molecule has 0 aliphatic heterocycles. The Morgan fingerprint density at radius 3 is 2.52 bits per heavy atom. The molecule has 3 rings (SSSR count). The maximum atomic E-state index is 13.8. The summed E-state index contributed by atoms with van der Waals surface area (Å²) in [6, 6.07) is 13.2. The lowest BCUT2D eigenvalue weighted by atomic mass is 10.1. The molecule has 5 heteroatoms. The van der Waals surface area contributed by atoms with E-state index in [9.17, 15) is 8.78 Å². The van der Waals surface area contributed by atoms with E-state index in [0.29, 0.717) is 10.7 Å². The topological polar surface area (TPSA) is 38.9 Å². The van der Waals surface area contributed by atoms with Crippen LogP contribution in [0.2, 0.25) is 0 Å². The van der Waals surface area contributed by atoms with Gasteiger partial charge >= 0.3 is 0 Å². The smallest absolute Gasteiger partial charge is 0.168 e. The maximum absolute atomic E-state index is 13.8. The van der Waals surface area contributed by atoms with Crippen molar-refractivity contribution in [2.45, 2.75) is 6.04 Å². The first-order chi connectivity index (χ1) is 10.2. The Morgan fingerprint density at radius 1 is 1.00 bits per heavy atom. The Bertz CT molecular complexity index is 756. The first-order valence-electron chi connectivity index (χ1n) is 6.37. The van der Waals surface area contributed by atoms with Crippen molar-refractivity contribution in [2.75, 3.05) is 0 Å². The number of rotatable bonds is 3. The lowest BCUT2D eigenvalue weighted by Gasteiger charge is -2.08. The summed E-state index contributed by atoms with van der Waals surface area (Å²) in [6.45, 7) is 0. The fourth-order valence-electron chi connectivity index (χ4n) is 2.06. The molecule has 2 nitrogen and oxygen atoms in total.